The van der Waals surface area contributed by atoms with Gasteiger partial charge in [-0.2, -0.15) is 23.3 Å². The SMILES string of the molecule is CC(Oc1cc(C(F)(F)F)c2c(-c3ccccc3)nn(C)c2n1)C(=O)N[C@@H](C)c1ccccc1. The minimum absolute atomic E-state index is 0.00828. The van der Waals surface area contributed by atoms with Crippen molar-refractivity contribution >= 4 is 16.9 Å². The lowest BCUT2D eigenvalue weighted by Gasteiger charge is -2.19. The van der Waals surface area contributed by atoms with Crippen LogP contribution in [-0.4, -0.2) is 26.8 Å². The van der Waals surface area contributed by atoms with Crippen molar-refractivity contribution in [2.45, 2.75) is 32.2 Å². The van der Waals surface area contributed by atoms with Crippen molar-refractivity contribution in [2.75, 3.05) is 0 Å². The molecule has 1 N–H and O–H groups in total. The number of hydrogen-bond acceptors (Lipinski definition) is 4. The lowest BCUT2D eigenvalue weighted by molar-refractivity contribution is -0.136. The predicted octanol–water partition coefficient (Wildman–Crippen LogP) is 5.30. The Morgan fingerprint density at radius 1 is 1.03 bits per heavy atom. The largest absolute Gasteiger partial charge is 0.464 e. The Bertz CT molecular complexity index is 1300. The average molecular weight is 468 g/mol. The molecule has 0 aliphatic carbocycles. The van der Waals surface area contributed by atoms with E-state index in [-0.39, 0.29) is 28.6 Å². The summed E-state index contributed by atoms with van der Waals surface area (Å²) in [6, 6.07) is 18.4. The standard InChI is InChI=1S/C25H23F3N4O2/c1-15(17-10-6-4-7-11-17)29-24(33)16(2)34-20-14-19(25(26,27)28)21-22(18-12-8-5-9-13-18)31-32(3)23(21)30-20/h4-16H,1-3H3,(H,29,33)/t15-,16?/m0/s1. The maximum absolute atomic E-state index is 14.1. The highest BCUT2D eigenvalue weighted by Crippen LogP contribution is 2.40. The topological polar surface area (TPSA) is 69.0 Å². The molecular weight excluding hydrogens is 445 g/mol. The van der Waals surface area contributed by atoms with Crippen molar-refractivity contribution in [3.63, 3.8) is 0 Å². The van der Waals surface area contributed by atoms with Gasteiger partial charge in [-0.05, 0) is 19.4 Å². The fraction of sp³-hybridized carbons (Fsp3) is 0.240. The summed E-state index contributed by atoms with van der Waals surface area (Å²) in [6.07, 6.45) is -5.75. The van der Waals surface area contributed by atoms with Crippen LogP contribution in [0.25, 0.3) is 22.3 Å². The molecule has 0 fully saturated rings. The summed E-state index contributed by atoms with van der Waals surface area (Å²) >= 11 is 0. The first-order valence-electron chi connectivity index (χ1n) is 10.7. The van der Waals surface area contributed by atoms with Crippen molar-refractivity contribution in [1.82, 2.24) is 20.1 Å². The number of nitrogens with one attached hydrogen (secondary N) is 1. The number of aromatic nitrogens is 3. The quantitative estimate of drug-likeness (QED) is 0.417. The average Bonchev–Trinajstić information content (AvgIpc) is 3.15. The minimum Gasteiger partial charge on any atom is -0.464 e. The molecule has 2 aromatic carbocycles. The molecule has 0 aliphatic rings. The second kappa shape index (κ2) is 9.17. The summed E-state index contributed by atoms with van der Waals surface area (Å²) in [5.74, 6) is -0.778. The number of pyridine rings is 1. The fourth-order valence-corrected chi connectivity index (χ4v) is 3.70. The number of halogens is 3. The minimum atomic E-state index is -4.68. The summed E-state index contributed by atoms with van der Waals surface area (Å²) in [6.45, 7) is 3.28. The Labute approximate surface area is 194 Å². The molecule has 176 valence electrons. The van der Waals surface area contributed by atoms with Crippen molar-refractivity contribution in [3.8, 4) is 17.1 Å². The number of rotatable bonds is 6. The molecule has 0 saturated heterocycles. The third kappa shape index (κ3) is 4.73. The van der Waals surface area contributed by atoms with Crippen LogP contribution in [-0.2, 0) is 18.0 Å². The van der Waals surface area contributed by atoms with Crippen molar-refractivity contribution in [1.29, 1.82) is 0 Å². The van der Waals surface area contributed by atoms with E-state index in [9.17, 15) is 18.0 Å². The van der Waals surface area contributed by atoms with Gasteiger partial charge in [0.1, 0.15) is 5.69 Å². The van der Waals surface area contributed by atoms with E-state index in [0.717, 1.165) is 11.6 Å². The van der Waals surface area contributed by atoms with Crippen LogP contribution in [0.3, 0.4) is 0 Å². The van der Waals surface area contributed by atoms with Gasteiger partial charge in [0.05, 0.1) is 17.0 Å². The fourth-order valence-electron chi connectivity index (χ4n) is 3.70. The van der Waals surface area contributed by atoms with E-state index in [2.05, 4.69) is 15.4 Å². The molecule has 0 saturated carbocycles. The summed E-state index contributed by atoms with van der Waals surface area (Å²) in [5.41, 5.74) is 0.688. The molecule has 6 nitrogen and oxygen atoms in total. The second-order valence-electron chi connectivity index (χ2n) is 7.94. The van der Waals surface area contributed by atoms with Gasteiger partial charge in [-0.15, -0.1) is 0 Å². The smallest absolute Gasteiger partial charge is 0.417 e. The van der Waals surface area contributed by atoms with Crippen molar-refractivity contribution in [3.05, 3.63) is 77.9 Å². The number of fused-ring (bicyclic) bond motifs is 1. The Kier molecular flexibility index (Phi) is 6.28. The van der Waals surface area contributed by atoms with Gasteiger partial charge < -0.3 is 10.1 Å². The van der Waals surface area contributed by atoms with E-state index in [1.54, 1.807) is 30.3 Å². The first kappa shape index (κ1) is 23.3. The highest BCUT2D eigenvalue weighted by Gasteiger charge is 2.37. The molecule has 1 amide bonds. The maximum Gasteiger partial charge on any atom is 0.417 e. The number of alkyl halides is 3. The third-order valence-electron chi connectivity index (χ3n) is 5.45. The van der Waals surface area contributed by atoms with Crippen LogP contribution in [0, 0.1) is 0 Å². The van der Waals surface area contributed by atoms with Gasteiger partial charge in [-0.1, -0.05) is 60.7 Å². The van der Waals surface area contributed by atoms with Gasteiger partial charge >= 0.3 is 6.18 Å². The lowest BCUT2D eigenvalue weighted by atomic mass is 10.0. The van der Waals surface area contributed by atoms with Crippen LogP contribution in [0.15, 0.2) is 66.7 Å². The molecule has 0 bridgehead atoms. The van der Waals surface area contributed by atoms with E-state index >= 15 is 0 Å². The monoisotopic (exact) mass is 468 g/mol. The highest BCUT2D eigenvalue weighted by molar-refractivity contribution is 5.94. The van der Waals surface area contributed by atoms with Crippen LogP contribution in [0.1, 0.15) is 31.0 Å². The normalized spacial score (nSPS) is 13.5. The number of hydrogen-bond donors (Lipinski definition) is 1. The molecule has 9 heteroatoms. The third-order valence-corrected chi connectivity index (χ3v) is 5.45. The molecule has 0 radical (unpaired) electrons. The molecule has 0 aliphatic heterocycles. The van der Waals surface area contributed by atoms with Gasteiger partial charge in [-0.3, -0.25) is 4.79 Å². The number of amides is 1. The Morgan fingerprint density at radius 2 is 1.65 bits per heavy atom. The molecule has 4 aromatic rings. The first-order valence-corrected chi connectivity index (χ1v) is 10.7. The van der Waals surface area contributed by atoms with Crippen LogP contribution < -0.4 is 10.1 Å². The summed E-state index contributed by atoms with van der Waals surface area (Å²) in [5, 5.41) is 6.96. The number of carbonyl (C=O) groups is 1. The Balaban J connectivity index is 1.66. The van der Waals surface area contributed by atoms with Crippen LogP contribution >= 0.6 is 0 Å². The molecular formula is C25H23F3N4O2. The second-order valence-corrected chi connectivity index (χ2v) is 7.94. The van der Waals surface area contributed by atoms with E-state index in [1.165, 1.54) is 18.7 Å². The molecule has 0 spiro atoms. The molecule has 34 heavy (non-hydrogen) atoms. The zero-order valence-electron chi connectivity index (χ0n) is 18.8. The van der Waals surface area contributed by atoms with Crippen LogP contribution in [0.2, 0.25) is 0 Å². The first-order chi connectivity index (χ1) is 16.1. The lowest BCUT2D eigenvalue weighted by Crippen LogP contribution is -2.38. The Morgan fingerprint density at radius 3 is 2.26 bits per heavy atom. The van der Waals surface area contributed by atoms with Crippen LogP contribution in [0.4, 0.5) is 13.2 Å². The Hall–Kier alpha value is -3.88. The van der Waals surface area contributed by atoms with E-state index in [4.69, 9.17) is 4.74 Å². The molecule has 2 heterocycles. The number of nitrogens with zero attached hydrogens (tertiary/aromatic N) is 3. The summed E-state index contributed by atoms with van der Waals surface area (Å²) in [7, 11) is 1.52. The number of carbonyl (C=O) groups excluding carboxylic acids is 1. The zero-order chi connectivity index (χ0) is 24.5. The van der Waals surface area contributed by atoms with Crippen molar-refractivity contribution < 1.29 is 22.7 Å². The molecule has 2 aromatic heterocycles. The van der Waals surface area contributed by atoms with Gasteiger partial charge in [0.25, 0.3) is 5.91 Å². The van der Waals surface area contributed by atoms with Gasteiger partial charge in [0, 0.05) is 18.7 Å². The zero-order valence-corrected chi connectivity index (χ0v) is 18.8. The van der Waals surface area contributed by atoms with Crippen molar-refractivity contribution in [2.24, 2.45) is 7.05 Å². The van der Waals surface area contributed by atoms with E-state index < -0.39 is 23.8 Å². The summed E-state index contributed by atoms with van der Waals surface area (Å²) < 4.78 is 49.0. The van der Waals surface area contributed by atoms with Gasteiger partial charge in [0.15, 0.2) is 11.8 Å². The van der Waals surface area contributed by atoms with E-state index in [0.29, 0.717) is 5.56 Å². The molecule has 2 atom stereocenters. The number of ether oxygens (including phenoxy) is 1. The van der Waals surface area contributed by atoms with Gasteiger partial charge in [-0.25, -0.2) is 4.68 Å². The maximum atomic E-state index is 14.1. The summed E-state index contributed by atoms with van der Waals surface area (Å²) in [4.78, 5) is 16.9. The predicted molar refractivity (Wildman–Crippen MR) is 122 cm³/mol. The number of aryl methyl sites for hydroxylation is 1. The number of benzene rings is 2. The highest BCUT2D eigenvalue weighted by atomic mass is 19.4. The van der Waals surface area contributed by atoms with Gasteiger partial charge in [0.2, 0.25) is 5.88 Å². The molecule has 4 rings (SSSR count). The van der Waals surface area contributed by atoms with Crippen LogP contribution in [0.5, 0.6) is 5.88 Å². The van der Waals surface area contributed by atoms with E-state index in [1.807, 2.05) is 37.3 Å². The molecule has 1 unspecified atom stereocenters.